The van der Waals surface area contributed by atoms with Gasteiger partial charge in [0.1, 0.15) is 5.82 Å². The zero-order valence-electron chi connectivity index (χ0n) is 14.6. The molecular weight excluding hydrogens is 317 g/mol. The van der Waals surface area contributed by atoms with Crippen molar-refractivity contribution in [2.45, 2.75) is 59.1 Å². The monoisotopic (exact) mass is 340 g/mol. The van der Waals surface area contributed by atoms with E-state index in [0.717, 1.165) is 12.2 Å². The summed E-state index contributed by atoms with van der Waals surface area (Å²) in [7, 11) is 0. The minimum absolute atomic E-state index is 0.141. The molecule has 0 spiro atoms. The highest BCUT2D eigenvalue weighted by Gasteiger charge is 2.34. The van der Waals surface area contributed by atoms with Crippen molar-refractivity contribution < 1.29 is 13.2 Å². The van der Waals surface area contributed by atoms with E-state index in [4.69, 9.17) is 0 Å². The molecule has 0 bridgehead atoms. The van der Waals surface area contributed by atoms with Crippen LogP contribution in [0.5, 0.6) is 0 Å². The van der Waals surface area contributed by atoms with Crippen LogP contribution in [0.2, 0.25) is 0 Å². The van der Waals surface area contributed by atoms with Crippen LogP contribution in [0.1, 0.15) is 69.2 Å². The second-order valence-corrected chi connectivity index (χ2v) is 5.93. The summed E-state index contributed by atoms with van der Waals surface area (Å²) in [6.07, 6.45) is 2.71. The number of alkyl halides is 3. The molecule has 0 aromatic carbocycles. The topological polar surface area (TPSA) is 51.6 Å². The largest absolute Gasteiger partial charge is 0.451 e. The molecule has 0 aliphatic heterocycles. The smallest absolute Gasteiger partial charge is 0.241 e. The number of aryl methyl sites for hydroxylation is 1. The first kappa shape index (κ1) is 20.0. The van der Waals surface area contributed by atoms with E-state index in [9.17, 15) is 13.2 Å². The maximum Gasteiger partial charge on any atom is 0.451 e. The molecule has 7 heteroatoms. The van der Waals surface area contributed by atoms with E-state index in [1.807, 2.05) is 26.2 Å². The molecule has 2 rings (SSSR count). The number of hydrogen-bond acceptors (Lipinski definition) is 4. The van der Waals surface area contributed by atoms with Crippen molar-refractivity contribution in [3.05, 3.63) is 47.6 Å². The number of aromatic nitrogens is 4. The van der Waals surface area contributed by atoms with E-state index in [2.05, 4.69) is 40.7 Å². The van der Waals surface area contributed by atoms with Gasteiger partial charge in [0.05, 0.1) is 0 Å². The number of halogens is 3. The Bertz CT molecular complexity index is 605. The Kier molecular flexibility index (Phi) is 7.25. The summed E-state index contributed by atoms with van der Waals surface area (Å²) in [6, 6.07) is 0. The first-order chi connectivity index (χ1) is 11.1. The fraction of sp³-hybridized carbons (Fsp3) is 0.529. The molecule has 132 valence electrons. The first-order valence-electron chi connectivity index (χ1n) is 7.85. The van der Waals surface area contributed by atoms with Gasteiger partial charge in [0.2, 0.25) is 5.82 Å². The fourth-order valence-corrected chi connectivity index (χ4v) is 1.63. The van der Waals surface area contributed by atoms with Gasteiger partial charge in [-0.05, 0) is 23.0 Å². The average Bonchev–Trinajstić information content (AvgIpc) is 2.54. The van der Waals surface area contributed by atoms with Crippen molar-refractivity contribution in [3.63, 3.8) is 0 Å². The molecule has 0 radical (unpaired) electrons. The van der Waals surface area contributed by atoms with E-state index in [0.29, 0.717) is 11.5 Å². The normalized spacial score (nSPS) is 11.4. The third kappa shape index (κ3) is 6.22. The van der Waals surface area contributed by atoms with Gasteiger partial charge in [-0.2, -0.15) is 13.2 Å². The lowest BCUT2D eigenvalue weighted by molar-refractivity contribution is -0.145. The van der Waals surface area contributed by atoms with Gasteiger partial charge in [-0.25, -0.2) is 19.9 Å². The van der Waals surface area contributed by atoms with Crippen LogP contribution in [0, 0.1) is 0 Å². The Morgan fingerprint density at radius 1 is 0.792 bits per heavy atom. The van der Waals surface area contributed by atoms with Gasteiger partial charge in [-0.1, -0.05) is 34.6 Å². The highest BCUT2D eigenvalue weighted by Crippen LogP contribution is 2.26. The Balaban J connectivity index is 0.000000243. The standard InChI is InChI=1S/C9H14N2.C8H9F3N2/c1-4-9-10-5-8(6-11-9)7(2)3;1-5(2)6-3-12-7(13-4-6)8(9,10)11/h5-7H,4H2,1-3H3;3-5H,1-2H3. The minimum atomic E-state index is -4.45. The Labute approximate surface area is 140 Å². The van der Waals surface area contributed by atoms with Crippen LogP contribution in [0.3, 0.4) is 0 Å². The molecule has 2 aromatic heterocycles. The van der Waals surface area contributed by atoms with Gasteiger partial charge in [-0.15, -0.1) is 0 Å². The number of nitrogens with zero attached hydrogens (tertiary/aromatic N) is 4. The van der Waals surface area contributed by atoms with Crippen molar-refractivity contribution >= 4 is 0 Å². The van der Waals surface area contributed by atoms with Crippen LogP contribution in [0.4, 0.5) is 13.2 Å². The summed E-state index contributed by atoms with van der Waals surface area (Å²) in [6.45, 7) is 10.1. The predicted octanol–water partition coefficient (Wildman–Crippen LogP) is 4.78. The molecule has 0 saturated heterocycles. The first-order valence-corrected chi connectivity index (χ1v) is 7.85. The van der Waals surface area contributed by atoms with Gasteiger partial charge < -0.3 is 0 Å². The highest BCUT2D eigenvalue weighted by atomic mass is 19.4. The second-order valence-electron chi connectivity index (χ2n) is 5.93. The minimum Gasteiger partial charge on any atom is -0.241 e. The number of rotatable bonds is 3. The quantitative estimate of drug-likeness (QED) is 0.807. The lowest BCUT2D eigenvalue weighted by atomic mass is 10.1. The van der Waals surface area contributed by atoms with Gasteiger partial charge in [0.15, 0.2) is 0 Å². The van der Waals surface area contributed by atoms with Crippen LogP contribution in [-0.2, 0) is 12.6 Å². The van der Waals surface area contributed by atoms with Crippen LogP contribution in [0.15, 0.2) is 24.8 Å². The summed E-state index contributed by atoms with van der Waals surface area (Å²) in [4.78, 5) is 14.9. The molecule has 0 N–H and O–H groups in total. The lowest BCUT2D eigenvalue weighted by Crippen LogP contribution is -2.11. The Morgan fingerprint density at radius 3 is 1.46 bits per heavy atom. The molecule has 2 heterocycles. The van der Waals surface area contributed by atoms with E-state index < -0.39 is 12.0 Å². The SMILES string of the molecule is CC(C)c1cnc(C(F)(F)F)nc1.CCc1ncc(C(C)C)cn1. The van der Waals surface area contributed by atoms with E-state index >= 15 is 0 Å². The summed E-state index contributed by atoms with van der Waals surface area (Å²) in [5, 5.41) is 0. The molecule has 0 unspecified atom stereocenters. The van der Waals surface area contributed by atoms with E-state index in [1.165, 1.54) is 18.0 Å². The van der Waals surface area contributed by atoms with E-state index in [-0.39, 0.29) is 5.92 Å². The van der Waals surface area contributed by atoms with Crippen LogP contribution in [-0.4, -0.2) is 19.9 Å². The van der Waals surface area contributed by atoms with Gasteiger partial charge in [0.25, 0.3) is 0 Å². The molecule has 0 aliphatic carbocycles. The molecule has 0 fully saturated rings. The molecule has 4 nitrogen and oxygen atoms in total. The molecule has 2 aromatic rings. The predicted molar refractivity (Wildman–Crippen MR) is 86.6 cm³/mol. The maximum absolute atomic E-state index is 12.0. The summed E-state index contributed by atoms with van der Waals surface area (Å²) < 4.78 is 36.0. The third-order valence-corrected chi connectivity index (χ3v) is 3.30. The van der Waals surface area contributed by atoms with Gasteiger partial charge in [-0.3, -0.25) is 0 Å². The molecule has 0 amide bonds. The van der Waals surface area contributed by atoms with Crippen LogP contribution >= 0.6 is 0 Å². The maximum atomic E-state index is 12.0. The molecule has 24 heavy (non-hydrogen) atoms. The molecule has 0 aliphatic rings. The summed E-state index contributed by atoms with van der Waals surface area (Å²) in [5.74, 6) is 0.509. The highest BCUT2D eigenvalue weighted by molar-refractivity contribution is 5.10. The van der Waals surface area contributed by atoms with Crippen LogP contribution < -0.4 is 0 Å². The van der Waals surface area contributed by atoms with Crippen molar-refractivity contribution in [3.8, 4) is 0 Å². The van der Waals surface area contributed by atoms with Crippen molar-refractivity contribution in [1.82, 2.24) is 19.9 Å². The Morgan fingerprint density at radius 2 is 1.17 bits per heavy atom. The van der Waals surface area contributed by atoms with Gasteiger partial charge in [0, 0.05) is 31.2 Å². The van der Waals surface area contributed by atoms with Crippen LogP contribution in [0.25, 0.3) is 0 Å². The van der Waals surface area contributed by atoms with E-state index in [1.54, 1.807) is 0 Å². The fourth-order valence-electron chi connectivity index (χ4n) is 1.63. The van der Waals surface area contributed by atoms with Crippen molar-refractivity contribution in [2.24, 2.45) is 0 Å². The Hall–Kier alpha value is -2.05. The number of hydrogen-bond donors (Lipinski definition) is 0. The van der Waals surface area contributed by atoms with Crippen molar-refractivity contribution in [2.75, 3.05) is 0 Å². The lowest BCUT2D eigenvalue weighted by Gasteiger charge is -2.06. The zero-order chi connectivity index (χ0) is 18.3. The summed E-state index contributed by atoms with van der Waals surface area (Å²) in [5.41, 5.74) is 1.91. The molecule has 0 saturated carbocycles. The third-order valence-electron chi connectivity index (χ3n) is 3.30. The zero-order valence-corrected chi connectivity index (χ0v) is 14.6. The van der Waals surface area contributed by atoms with Gasteiger partial charge >= 0.3 is 6.18 Å². The second kappa shape index (κ2) is 8.70. The summed E-state index contributed by atoms with van der Waals surface area (Å²) >= 11 is 0. The molecule has 0 atom stereocenters. The molecular formula is C17H23F3N4. The average molecular weight is 340 g/mol. The van der Waals surface area contributed by atoms with Crippen molar-refractivity contribution in [1.29, 1.82) is 0 Å².